The van der Waals surface area contributed by atoms with Gasteiger partial charge in [-0.15, -0.1) is 0 Å². The van der Waals surface area contributed by atoms with Crippen molar-refractivity contribution in [2.24, 2.45) is 0 Å². The zero-order valence-corrected chi connectivity index (χ0v) is 17.5. The first kappa shape index (κ1) is 22.2. The highest BCUT2D eigenvalue weighted by Crippen LogP contribution is 2.41. The molecule has 0 aliphatic heterocycles. The lowest BCUT2D eigenvalue weighted by Crippen LogP contribution is -2.61. The van der Waals surface area contributed by atoms with Crippen molar-refractivity contribution >= 4 is 16.9 Å². The van der Waals surface area contributed by atoms with Gasteiger partial charge in [-0.05, 0) is 24.3 Å². The van der Waals surface area contributed by atoms with Crippen molar-refractivity contribution in [3.63, 3.8) is 0 Å². The molecule has 0 bridgehead atoms. The van der Waals surface area contributed by atoms with Crippen LogP contribution in [0.3, 0.4) is 0 Å². The van der Waals surface area contributed by atoms with E-state index in [1.807, 2.05) is 5.32 Å². The highest BCUT2D eigenvalue weighted by Gasteiger charge is 2.61. The number of nitrogens with zero attached hydrogens (tertiary/aromatic N) is 4. The summed E-state index contributed by atoms with van der Waals surface area (Å²) in [6, 6.07) is 11.6. The molecule has 2 aromatic carbocycles. The number of methoxy groups -OCH3 is 2. The monoisotopic (exact) mass is 457 g/mol. The van der Waals surface area contributed by atoms with Gasteiger partial charge in [0.2, 0.25) is 0 Å². The second kappa shape index (κ2) is 8.51. The lowest BCUT2D eigenvalue weighted by atomic mass is 10.1. The third-order valence-corrected chi connectivity index (χ3v) is 4.98. The molecule has 33 heavy (non-hydrogen) atoms. The van der Waals surface area contributed by atoms with Gasteiger partial charge in [0.1, 0.15) is 0 Å². The Morgan fingerprint density at radius 1 is 1.06 bits per heavy atom. The van der Waals surface area contributed by atoms with Crippen molar-refractivity contribution in [3.8, 4) is 17.3 Å². The molecule has 0 spiro atoms. The first-order chi connectivity index (χ1) is 15.8. The van der Waals surface area contributed by atoms with Crippen LogP contribution in [-0.2, 0) is 10.6 Å². The van der Waals surface area contributed by atoms with Crippen LogP contribution in [0.2, 0.25) is 0 Å². The molecule has 4 rings (SSSR count). The summed E-state index contributed by atoms with van der Waals surface area (Å²) in [7, 11) is 2.02. The van der Waals surface area contributed by atoms with Gasteiger partial charge in [-0.2, -0.15) is 18.2 Å². The third kappa shape index (κ3) is 3.87. The number of carbonyl (C=O) groups excluding carboxylic acids is 1. The van der Waals surface area contributed by atoms with Crippen LogP contribution >= 0.6 is 0 Å². The minimum atomic E-state index is -5.09. The fraction of sp³-hybridized carbons (Fsp3) is 0.182. The highest BCUT2D eigenvalue weighted by atomic mass is 19.4. The van der Waals surface area contributed by atoms with E-state index >= 15 is 0 Å². The quantitative estimate of drug-likeness (QED) is 0.444. The molecule has 170 valence electrons. The number of imidazole rings is 1. The van der Waals surface area contributed by atoms with Crippen molar-refractivity contribution in [3.05, 3.63) is 72.7 Å². The summed E-state index contributed by atoms with van der Waals surface area (Å²) in [6.45, 7) is 0. The molecular formula is C22H18F3N5O3. The molecule has 1 atom stereocenters. The van der Waals surface area contributed by atoms with Crippen molar-refractivity contribution in [2.75, 3.05) is 14.2 Å². The zero-order chi connectivity index (χ0) is 23.6. The Morgan fingerprint density at radius 3 is 2.42 bits per heavy atom. The van der Waals surface area contributed by atoms with Crippen LogP contribution in [0, 0.1) is 0 Å². The average molecular weight is 457 g/mol. The van der Waals surface area contributed by atoms with E-state index < -0.39 is 23.9 Å². The fourth-order valence-electron chi connectivity index (χ4n) is 3.43. The lowest BCUT2D eigenvalue weighted by Gasteiger charge is -2.36. The SMILES string of the molecule is COc1nc2cc(-c3cnccn3)ccc2n1C(NC(=O)c1ccccc1)(OC)C(F)(F)F. The normalized spacial score (nSPS) is 13.5. The minimum absolute atomic E-state index is 0.0204. The fourth-order valence-corrected chi connectivity index (χ4v) is 3.43. The summed E-state index contributed by atoms with van der Waals surface area (Å²) < 4.78 is 54.4. The highest BCUT2D eigenvalue weighted by molar-refractivity contribution is 5.94. The van der Waals surface area contributed by atoms with Crippen LogP contribution in [0.1, 0.15) is 10.4 Å². The van der Waals surface area contributed by atoms with Crippen molar-refractivity contribution in [1.29, 1.82) is 0 Å². The molecule has 2 heterocycles. The maximum Gasteiger partial charge on any atom is 0.459 e. The topological polar surface area (TPSA) is 91.2 Å². The maximum absolute atomic E-state index is 14.5. The Labute approximate surface area is 186 Å². The van der Waals surface area contributed by atoms with Crippen LogP contribution < -0.4 is 10.1 Å². The second-order valence-corrected chi connectivity index (χ2v) is 6.89. The first-order valence-corrected chi connectivity index (χ1v) is 9.63. The van der Waals surface area contributed by atoms with E-state index in [1.54, 1.807) is 18.2 Å². The van der Waals surface area contributed by atoms with Gasteiger partial charge < -0.3 is 9.47 Å². The maximum atomic E-state index is 14.5. The van der Waals surface area contributed by atoms with E-state index in [4.69, 9.17) is 9.47 Å². The van der Waals surface area contributed by atoms with E-state index in [2.05, 4.69) is 15.0 Å². The van der Waals surface area contributed by atoms with E-state index in [1.165, 1.54) is 56.0 Å². The van der Waals surface area contributed by atoms with Crippen LogP contribution in [0.4, 0.5) is 13.2 Å². The standard InChI is InChI=1S/C22H18F3N5O3/c1-32-20-28-16-12-15(17-13-26-10-11-27-17)8-9-18(16)30(20)22(33-2,21(23,24)25)29-19(31)14-6-4-3-5-7-14/h3-13H,1-2H3,(H,29,31). The molecule has 0 saturated heterocycles. The molecule has 0 fully saturated rings. The van der Waals surface area contributed by atoms with Gasteiger partial charge in [-0.1, -0.05) is 24.3 Å². The molecule has 0 saturated carbocycles. The summed E-state index contributed by atoms with van der Waals surface area (Å²) in [5.41, 5.74) is 1.32. The number of carbonyl (C=O) groups is 1. The number of halogens is 3. The van der Waals surface area contributed by atoms with E-state index in [0.29, 0.717) is 15.8 Å². The smallest absolute Gasteiger partial charge is 0.459 e. The van der Waals surface area contributed by atoms with Gasteiger partial charge in [0.05, 0.1) is 30.0 Å². The molecule has 4 aromatic rings. The number of benzene rings is 2. The number of hydrogen-bond donors (Lipinski definition) is 1. The van der Waals surface area contributed by atoms with E-state index in [-0.39, 0.29) is 16.6 Å². The number of aromatic nitrogens is 4. The largest absolute Gasteiger partial charge is 0.468 e. The molecule has 11 heteroatoms. The zero-order valence-electron chi connectivity index (χ0n) is 17.5. The van der Waals surface area contributed by atoms with E-state index in [0.717, 1.165) is 7.11 Å². The van der Waals surface area contributed by atoms with E-state index in [9.17, 15) is 18.0 Å². The molecule has 1 N–H and O–H groups in total. The van der Waals surface area contributed by atoms with Gasteiger partial charge in [0, 0.05) is 30.6 Å². The number of hydrogen-bond acceptors (Lipinski definition) is 6. The predicted octanol–water partition coefficient (Wildman–Crippen LogP) is 3.75. The van der Waals surface area contributed by atoms with Crippen LogP contribution in [-0.4, -0.2) is 45.8 Å². The molecule has 2 aromatic heterocycles. The Hall–Kier alpha value is -3.99. The Bertz CT molecular complexity index is 1280. The second-order valence-electron chi connectivity index (χ2n) is 6.89. The summed E-state index contributed by atoms with van der Waals surface area (Å²) >= 11 is 0. The Kier molecular flexibility index (Phi) is 5.73. The Morgan fingerprint density at radius 2 is 1.82 bits per heavy atom. The number of fused-ring (bicyclic) bond motifs is 1. The molecular weight excluding hydrogens is 439 g/mol. The number of rotatable bonds is 6. The summed E-state index contributed by atoms with van der Waals surface area (Å²) in [4.78, 5) is 25.1. The number of alkyl halides is 3. The van der Waals surface area contributed by atoms with Gasteiger partial charge in [-0.3, -0.25) is 20.1 Å². The molecule has 0 radical (unpaired) electrons. The predicted molar refractivity (Wildman–Crippen MR) is 112 cm³/mol. The number of nitrogens with one attached hydrogen (secondary N) is 1. The van der Waals surface area contributed by atoms with Gasteiger partial charge in [0.25, 0.3) is 5.91 Å². The summed E-state index contributed by atoms with van der Waals surface area (Å²) in [6.07, 6.45) is -0.565. The summed E-state index contributed by atoms with van der Waals surface area (Å²) in [5, 5.41) is 1.99. The number of amides is 1. The van der Waals surface area contributed by atoms with Gasteiger partial charge >= 0.3 is 18.0 Å². The van der Waals surface area contributed by atoms with Crippen LogP contribution in [0.5, 0.6) is 6.01 Å². The molecule has 1 unspecified atom stereocenters. The first-order valence-electron chi connectivity index (χ1n) is 9.63. The van der Waals surface area contributed by atoms with Crippen LogP contribution in [0.15, 0.2) is 67.1 Å². The third-order valence-electron chi connectivity index (χ3n) is 4.98. The summed E-state index contributed by atoms with van der Waals surface area (Å²) in [5.74, 6) is -4.29. The van der Waals surface area contributed by atoms with Gasteiger partial charge in [-0.25, -0.2) is 4.57 Å². The van der Waals surface area contributed by atoms with Crippen molar-refractivity contribution in [2.45, 2.75) is 12.0 Å². The van der Waals surface area contributed by atoms with Gasteiger partial charge in [0.15, 0.2) is 0 Å². The molecule has 1 amide bonds. The van der Waals surface area contributed by atoms with Crippen LogP contribution in [0.25, 0.3) is 22.3 Å². The van der Waals surface area contributed by atoms with Crippen molar-refractivity contribution in [1.82, 2.24) is 24.8 Å². The van der Waals surface area contributed by atoms with Crippen molar-refractivity contribution < 1.29 is 27.4 Å². The average Bonchev–Trinajstić information content (AvgIpc) is 3.21. The molecule has 8 nitrogen and oxygen atoms in total. The minimum Gasteiger partial charge on any atom is -0.468 e. The molecule has 0 aliphatic rings. The Balaban J connectivity index is 1.90. The number of ether oxygens (including phenoxy) is 2. The molecule has 0 aliphatic carbocycles. The lowest BCUT2D eigenvalue weighted by molar-refractivity contribution is -0.317.